The first-order valence-corrected chi connectivity index (χ1v) is 10.8. The molecule has 0 unspecified atom stereocenters. The lowest BCUT2D eigenvalue weighted by Crippen LogP contribution is -2.29. The lowest BCUT2D eigenvalue weighted by molar-refractivity contribution is 0.0946. The smallest absolute Gasteiger partial charge is 0.267 e. The highest BCUT2D eigenvalue weighted by atomic mass is 16.5. The van der Waals surface area contributed by atoms with Crippen LogP contribution in [0.3, 0.4) is 0 Å². The van der Waals surface area contributed by atoms with Crippen LogP contribution < -0.4 is 14.8 Å². The monoisotopic (exact) mass is 439 g/mol. The molecular formula is C27H25N3O3. The minimum atomic E-state index is -0.607. The minimum Gasteiger partial charge on any atom is -0.497 e. The Bertz CT molecular complexity index is 1310. The van der Waals surface area contributed by atoms with Gasteiger partial charge in [-0.2, -0.15) is 0 Å². The number of carbonyl (C=O) groups is 1. The summed E-state index contributed by atoms with van der Waals surface area (Å²) < 4.78 is 11.5. The van der Waals surface area contributed by atoms with Crippen molar-refractivity contribution < 1.29 is 14.3 Å². The second-order valence-corrected chi connectivity index (χ2v) is 8.54. The zero-order chi connectivity index (χ0) is 23.0. The Hall–Kier alpha value is -4.06. The Balaban J connectivity index is 1.49. The van der Waals surface area contributed by atoms with E-state index in [1.165, 1.54) is 0 Å². The predicted octanol–water partition coefficient (Wildman–Crippen LogP) is 5.31. The van der Waals surface area contributed by atoms with Crippen LogP contribution >= 0.6 is 0 Å². The fraction of sp³-hybridized carbons (Fsp3) is 0.185. The molecule has 0 atom stereocenters. The number of hydrogen-bond donors (Lipinski definition) is 2. The largest absolute Gasteiger partial charge is 0.497 e. The third-order valence-electron chi connectivity index (χ3n) is 5.93. The molecule has 0 fully saturated rings. The molecule has 0 saturated carbocycles. The summed E-state index contributed by atoms with van der Waals surface area (Å²) in [7, 11) is 1.63. The van der Waals surface area contributed by atoms with E-state index in [9.17, 15) is 4.79 Å². The maximum absolute atomic E-state index is 13.0. The van der Waals surface area contributed by atoms with E-state index in [1.807, 2.05) is 80.7 Å². The third-order valence-corrected chi connectivity index (χ3v) is 5.93. The van der Waals surface area contributed by atoms with Gasteiger partial charge in [0, 0.05) is 23.9 Å². The van der Waals surface area contributed by atoms with E-state index in [-0.39, 0.29) is 5.91 Å². The molecule has 4 aromatic rings. The van der Waals surface area contributed by atoms with Gasteiger partial charge in [-0.15, -0.1) is 0 Å². The van der Waals surface area contributed by atoms with Crippen LogP contribution in [-0.4, -0.2) is 23.0 Å². The Morgan fingerprint density at radius 3 is 2.58 bits per heavy atom. The summed E-state index contributed by atoms with van der Waals surface area (Å²) in [6.45, 7) is 4.41. The Labute approximate surface area is 192 Å². The standard InChI is InChI=1S/C27H25N3O3/c1-27(2)21-13-22(26(31)29-14-17-9-11-19(32-3)12-10-17)30-25(21)24-20(15-28-16-23(24)33-27)18-7-5-4-6-8-18/h4-13,15-16,30H,14H2,1-3H3,(H,29,31). The number of nitrogens with one attached hydrogen (secondary N) is 2. The van der Waals surface area contributed by atoms with E-state index in [0.717, 1.165) is 39.3 Å². The summed E-state index contributed by atoms with van der Waals surface area (Å²) in [6.07, 6.45) is 3.57. The van der Waals surface area contributed by atoms with Crippen molar-refractivity contribution in [2.75, 3.05) is 7.11 Å². The van der Waals surface area contributed by atoms with Crippen molar-refractivity contribution in [3.63, 3.8) is 0 Å². The number of aromatic amines is 1. The number of hydrogen-bond acceptors (Lipinski definition) is 4. The fourth-order valence-corrected chi connectivity index (χ4v) is 4.21. The van der Waals surface area contributed by atoms with Crippen LogP contribution in [0.4, 0.5) is 0 Å². The first-order valence-electron chi connectivity index (χ1n) is 10.8. The van der Waals surface area contributed by atoms with Gasteiger partial charge in [0.05, 0.1) is 24.6 Å². The van der Waals surface area contributed by atoms with Gasteiger partial charge in [-0.1, -0.05) is 42.5 Å². The summed E-state index contributed by atoms with van der Waals surface area (Å²) in [5.74, 6) is 1.31. The van der Waals surface area contributed by atoms with Gasteiger partial charge in [-0.05, 0) is 43.2 Å². The maximum atomic E-state index is 13.0. The van der Waals surface area contributed by atoms with Gasteiger partial charge in [0.25, 0.3) is 5.91 Å². The minimum absolute atomic E-state index is 0.173. The molecule has 1 aliphatic rings. The molecule has 0 spiro atoms. The number of carbonyl (C=O) groups excluding carboxylic acids is 1. The van der Waals surface area contributed by atoms with Crippen molar-refractivity contribution in [1.29, 1.82) is 0 Å². The Morgan fingerprint density at radius 2 is 1.85 bits per heavy atom. The number of fused-ring (bicyclic) bond motifs is 3. The molecule has 3 heterocycles. The van der Waals surface area contributed by atoms with Crippen molar-refractivity contribution >= 4 is 5.91 Å². The molecule has 33 heavy (non-hydrogen) atoms. The SMILES string of the molecule is COc1ccc(CNC(=O)c2cc3c([nH]2)-c2c(cncc2-c2ccccc2)OC3(C)C)cc1. The van der Waals surface area contributed by atoms with Crippen molar-refractivity contribution in [1.82, 2.24) is 15.3 Å². The maximum Gasteiger partial charge on any atom is 0.267 e. The van der Waals surface area contributed by atoms with Gasteiger partial charge < -0.3 is 19.8 Å². The summed E-state index contributed by atoms with van der Waals surface area (Å²) in [4.78, 5) is 20.8. The van der Waals surface area contributed by atoms with Gasteiger partial charge in [-0.25, -0.2) is 0 Å². The molecule has 0 aliphatic carbocycles. The molecule has 1 amide bonds. The molecular weight excluding hydrogens is 414 g/mol. The molecule has 0 bridgehead atoms. The molecule has 0 saturated heterocycles. The molecule has 6 heteroatoms. The molecule has 5 rings (SSSR count). The third kappa shape index (κ3) is 3.84. The molecule has 166 valence electrons. The van der Waals surface area contributed by atoms with Gasteiger partial charge in [0.2, 0.25) is 0 Å². The van der Waals surface area contributed by atoms with E-state index >= 15 is 0 Å². The molecule has 2 aromatic carbocycles. The van der Waals surface area contributed by atoms with E-state index in [2.05, 4.69) is 15.3 Å². The quantitative estimate of drug-likeness (QED) is 0.442. The second kappa shape index (κ2) is 8.13. The van der Waals surface area contributed by atoms with Crippen molar-refractivity contribution in [3.8, 4) is 33.9 Å². The van der Waals surface area contributed by atoms with Crippen LogP contribution in [-0.2, 0) is 12.1 Å². The first-order chi connectivity index (χ1) is 16.0. The summed E-state index contributed by atoms with van der Waals surface area (Å²) >= 11 is 0. The first kappa shape index (κ1) is 20.8. The predicted molar refractivity (Wildman–Crippen MR) is 127 cm³/mol. The lowest BCUT2D eigenvalue weighted by atomic mass is 9.88. The van der Waals surface area contributed by atoms with Gasteiger partial charge in [-0.3, -0.25) is 9.78 Å². The lowest BCUT2D eigenvalue weighted by Gasteiger charge is -2.33. The second-order valence-electron chi connectivity index (χ2n) is 8.54. The number of methoxy groups -OCH3 is 1. The van der Waals surface area contributed by atoms with E-state index in [1.54, 1.807) is 13.3 Å². The van der Waals surface area contributed by atoms with Crippen molar-refractivity contribution in [3.05, 3.63) is 89.9 Å². The normalized spacial score (nSPS) is 13.4. The van der Waals surface area contributed by atoms with Crippen LogP contribution in [0.5, 0.6) is 11.5 Å². The van der Waals surface area contributed by atoms with E-state index in [4.69, 9.17) is 9.47 Å². The van der Waals surface area contributed by atoms with Gasteiger partial charge in [0.1, 0.15) is 22.8 Å². The summed E-state index contributed by atoms with van der Waals surface area (Å²) in [6, 6.07) is 19.6. The van der Waals surface area contributed by atoms with Crippen LogP contribution in [0.25, 0.3) is 22.4 Å². The number of benzene rings is 2. The molecule has 6 nitrogen and oxygen atoms in total. The van der Waals surface area contributed by atoms with E-state index in [0.29, 0.717) is 18.0 Å². The summed E-state index contributed by atoms with van der Waals surface area (Å²) in [5, 5.41) is 3.00. The van der Waals surface area contributed by atoms with Crippen LogP contribution in [0.2, 0.25) is 0 Å². The van der Waals surface area contributed by atoms with Crippen LogP contribution in [0.1, 0.15) is 35.5 Å². The Morgan fingerprint density at radius 1 is 1.09 bits per heavy atom. The number of pyridine rings is 1. The topological polar surface area (TPSA) is 76.2 Å². The molecule has 2 N–H and O–H groups in total. The highest BCUT2D eigenvalue weighted by Crippen LogP contribution is 2.48. The summed E-state index contributed by atoms with van der Waals surface area (Å²) in [5.41, 5.74) is 5.61. The number of H-pyrrole nitrogens is 1. The molecule has 0 radical (unpaired) electrons. The number of ether oxygens (including phenoxy) is 2. The van der Waals surface area contributed by atoms with Crippen molar-refractivity contribution in [2.45, 2.75) is 26.0 Å². The fourth-order valence-electron chi connectivity index (χ4n) is 4.21. The molecule has 2 aromatic heterocycles. The zero-order valence-corrected chi connectivity index (χ0v) is 18.8. The average Bonchev–Trinajstić information content (AvgIpc) is 3.30. The van der Waals surface area contributed by atoms with Crippen LogP contribution in [0, 0.1) is 0 Å². The van der Waals surface area contributed by atoms with E-state index < -0.39 is 5.60 Å². The average molecular weight is 440 g/mol. The number of nitrogens with zero attached hydrogens (tertiary/aromatic N) is 1. The highest BCUT2D eigenvalue weighted by Gasteiger charge is 2.36. The van der Waals surface area contributed by atoms with Gasteiger partial charge >= 0.3 is 0 Å². The molecule has 1 aliphatic heterocycles. The zero-order valence-electron chi connectivity index (χ0n) is 18.8. The van der Waals surface area contributed by atoms with Crippen LogP contribution in [0.15, 0.2) is 73.1 Å². The number of aromatic nitrogens is 2. The highest BCUT2D eigenvalue weighted by molar-refractivity contribution is 5.96. The Kier molecular flexibility index (Phi) is 5.13. The number of amides is 1. The number of rotatable bonds is 5. The van der Waals surface area contributed by atoms with Gasteiger partial charge in [0.15, 0.2) is 0 Å². The van der Waals surface area contributed by atoms with Crippen molar-refractivity contribution in [2.24, 2.45) is 0 Å².